The van der Waals surface area contributed by atoms with Crippen LogP contribution in [0.2, 0.25) is 0 Å². The summed E-state index contributed by atoms with van der Waals surface area (Å²) in [4.78, 5) is 8.44. The molecule has 0 saturated heterocycles. The summed E-state index contributed by atoms with van der Waals surface area (Å²) in [5.74, 6) is 0.607. The van der Waals surface area contributed by atoms with Crippen LogP contribution in [0, 0.1) is 0 Å². The Morgan fingerprint density at radius 2 is 2.27 bits per heavy atom. The van der Waals surface area contributed by atoms with Crippen LogP contribution in [-0.2, 0) is 0 Å². The van der Waals surface area contributed by atoms with Crippen LogP contribution in [0.4, 0.5) is 0 Å². The van der Waals surface area contributed by atoms with Crippen LogP contribution >= 0.6 is 22.6 Å². The molecule has 15 heavy (non-hydrogen) atoms. The van der Waals surface area contributed by atoms with Crippen LogP contribution < -0.4 is 4.74 Å². The van der Waals surface area contributed by atoms with Gasteiger partial charge in [0, 0.05) is 17.6 Å². The molecule has 0 atom stereocenters. The summed E-state index contributed by atoms with van der Waals surface area (Å²) in [5.41, 5.74) is 0.716. The summed E-state index contributed by atoms with van der Waals surface area (Å²) in [7, 11) is 0. The standard InChI is InChI=1S/C11H9IN2O/c12-6-2-8-15-10-5-4-9-3-1-7-13-11(9)14-10/h1-7H,8H2. The lowest BCUT2D eigenvalue weighted by Gasteiger charge is -2.02. The fourth-order valence-corrected chi connectivity index (χ4v) is 1.39. The first-order valence-electron chi connectivity index (χ1n) is 4.50. The molecule has 2 heterocycles. The number of pyridine rings is 2. The molecule has 0 unspecified atom stereocenters. The van der Waals surface area contributed by atoms with Crippen molar-refractivity contribution in [2.24, 2.45) is 0 Å². The monoisotopic (exact) mass is 312 g/mol. The molecule has 0 aromatic carbocycles. The molecule has 2 rings (SSSR count). The van der Waals surface area contributed by atoms with Crippen LogP contribution in [0.3, 0.4) is 0 Å². The molecule has 0 radical (unpaired) electrons. The number of ether oxygens (including phenoxy) is 1. The van der Waals surface area contributed by atoms with E-state index in [1.54, 1.807) is 6.20 Å². The van der Waals surface area contributed by atoms with E-state index in [9.17, 15) is 0 Å². The third-order valence-corrected chi connectivity index (χ3v) is 2.36. The van der Waals surface area contributed by atoms with Gasteiger partial charge >= 0.3 is 0 Å². The Labute approximate surface area is 101 Å². The highest BCUT2D eigenvalue weighted by molar-refractivity contribution is 14.1. The van der Waals surface area contributed by atoms with Gasteiger partial charge in [-0.1, -0.05) is 22.6 Å². The number of halogens is 1. The lowest BCUT2D eigenvalue weighted by Crippen LogP contribution is -1.96. The number of hydrogen-bond donors (Lipinski definition) is 0. The maximum Gasteiger partial charge on any atom is 0.215 e. The van der Waals surface area contributed by atoms with E-state index in [0.29, 0.717) is 18.1 Å². The third-order valence-electron chi connectivity index (χ3n) is 1.85. The van der Waals surface area contributed by atoms with E-state index < -0.39 is 0 Å². The summed E-state index contributed by atoms with van der Waals surface area (Å²) in [6, 6.07) is 7.68. The molecule has 0 bridgehead atoms. The molecule has 0 aliphatic carbocycles. The van der Waals surface area contributed by atoms with E-state index >= 15 is 0 Å². The lowest BCUT2D eigenvalue weighted by atomic mass is 10.3. The van der Waals surface area contributed by atoms with E-state index in [2.05, 4.69) is 32.6 Å². The zero-order chi connectivity index (χ0) is 10.5. The van der Waals surface area contributed by atoms with Gasteiger partial charge in [0.2, 0.25) is 5.88 Å². The molecule has 0 N–H and O–H groups in total. The molecular formula is C11H9IN2O. The van der Waals surface area contributed by atoms with E-state index in [1.807, 2.05) is 34.4 Å². The molecule has 0 saturated carbocycles. The SMILES string of the molecule is IC=CCOc1ccc2cccnc2n1. The van der Waals surface area contributed by atoms with Gasteiger partial charge in [0.25, 0.3) is 0 Å². The van der Waals surface area contributed by atoms with Crippen LogP contribution in [0.5, 0.6) is 5.88 Å². The lowest BCUT2D eigenvalue weighted by molar-refractivity contribution is 0.350. The van der Waals surface area contributed by atoms with Gasteiger partial charge in [-0.2, -0.15) is 4.98 Å². The highest BCUT2D eigenvalue weighted by Gasteiger charge is 1.97. The summed E-state index contributed by atoms with van der Waals surface area (Å²) in [5, 5.41) is 1.02. The van der Waals surface area contributed by atoms with Crippen molar-refractivity contribution in [2.45, 2.75) is 0 Å². The predicted molar refractivity (Wildman–Crippen MR) is 68.2 cm³/mol. The van der Waals surface area contributed by atoms with E-state index in [-0.39, 0.29) is 0 Å². The minimum absolute atomic E-state index is 0.536. The fourth-order valence-electron chi connectivity index (χ4n) is 1.19. The second-order valence-corrected chi connectivity index (χ2v) is 3.59. The molecule has 0 aliphatic heterocycles. The van der Waals surface area contributed by atoms with Crippen molar-refractivity contribution < 1.29 is 4.74 Å². The van der Waals surface area contributed by atoms with Crippen molar-refractivity contribution in [3.63, 3.8) is 0 Å². The zero-order valence-corrected chi connectivity index (χ0v) is 10.1. The average Bonchev–Trinajstić information content (AvgIpc) is 2.29. The second kappa shape index (κ2) is 5.06. The smallest absolute Gasteiger partial charge is 0.215 e. The van der Waals surface area contributed by atoms with Crippen molar-refractivity contribution in [3.8, 4) is 5.88 Å². The third kappa shape index (κ3) is 2.65. The van der Waals surface area contributed by atoms with Gasteiger partial charge in [0.15, 0.2) is 5.65 Å². The molecule has 2 aromatic heterocycles. The molecule has 0 fully saturated rings. The first-order chi connectivity index (χ1) is 7.40. The minimum atomic E-state index is 0.536. The fraction of sp³-hybridized carbons (Fsp3) is 0.0909. The summed E-state index contributed by atoms with van der Waals surface area (Å²) in [6.07, 6.45) is 3.65. The quantitative estimate of drug-likeness (QED) is 0.817. The van der Waals surface area contributed by atoms with Crippen molar-refractivity contribution in [1.29, 1.82) is 0 Å². The van der Waals surface area contributed by atoms with E-state index in [1.165, 1.54) is 0 Å². The van der Waals surface area contributed by atoms with E-state index in [4.69, 9.17) is 4.74 Å². The van der Waals surface area contributed by atoms with Gasteiger partial charge in [0.1, 0.15) is 6.61 Å². The topological polar surface area (TPSA) is 35.0 Å². The Morgan fingerprint density at radius 3 is 3.13 bits per heavy atom. The Hall–Kier alpha value is -1.17. The first-order valence-corrected chi connectivity index (χ1v) is 5.74. The van der Waals surface area contributed by atoms with Gasteiger partial charge in [0.05, 0.1) is 0 Å². The average molecular weight is 312 g/mol. The molecule has 0 spiro atoms. The van der Waals surface area contributed by atoms with Gasteiger partial charge in [-0.05, 0) is 28.4 Å². The largest absolute Gasteiger partial charge is 0.473 e. The molecular weight excluding hydrogens is 303 g/mol. The Kier molecular flexibility index (Phi) is 3.49. The number of aromatic nitrogens is 2. The maximum absolute atomic E-state index is 5.41. The zero-order valence-electron chi connectivity index (χ0n) is 7.93. The number of fused-ring (bicyclic) bond motifs is 1. The highest BCUT2D eigenvalue weighted by atomic mass is 127. The second-order valence-electron chi connectivity index (χ2n) is 2.87. The Bertz CT molecular complexity index is 485. The van der Waals surface area contributed by atoms with Crippen LogP contribution in [-0.4, -0.2) is 16.6 Å². The van der Waals surface area contributed by atoms with Crippen molar-refractivity contribution in [3.05, 3.63) is 40.6 Å². The first kappa shape index (κ1) is 10.4. The van der Waals surface area contributed by atoms with Gasteiger partial charge < -0.3 is 4.74 Å². The van der Waals surface area contributed by atoms with E-state index in [0.717, 1.165) is 5.39 Å². The number of rotatable bonds is 3. The number of hydrogen-bond acceptors (Lipinski definition) is 3. The molecule has 0 amide bonds. The van der Waals surface area contributed by atoms with Crippen LogP contribution in [0.15, 0.2) is 40.6 Å². The van der Waals surface area contributed by atoms with Crippen molar-refractivity contribution in [2.75, 3.05) is 6.61 Å². The Morgan fingerprint density at radius 1 is 1.33 bits per heavy atom. The molecule has 3 nitrogen and oxygen atoms in total. The summed E-state index contributed by atoms with van der Waals surface area (Å²) < 4.78 is 7.33. The number of nitrogens with zero attached hydrogens (tertiary/aromatic N) is 2. The predicted octanol–water partition coefficient (Wildman–Crippen LogP) is 2.96. The van der Waals surface area contributed by atoms with Gasteiger partial charge in [-0.3, -0.25) is 0 Å². The summed E-state index contributed by atoms with van der Waals surface area (Å²) >= 11 is 2.15. The van der Waals surface area contributed by atoms with Gasteiger partial charge in [-0.15, -0.1) is 0 Å². The van der Waals surface area contributed by atoms with Crippen LogP contribution in [0.1, 0.15) is 0 Å². The normalized spacial score (nSPS) is 11.0. The Balaban J connectivity index is 2.23. The highest BCUT2D eigenvalue weighted by Crippen LogP contribution is 2.13. The minimum Gasteiger partial charge on any atom is -0.473 e. The maximum atomic E-state index is 5.41. The van der Waals surface area contributed by atoms with Gasteiger partial charge in [-0.25, -0.2) is 4.98 Å². The van der Waals surface area contributed by atoms with Crippen LogP contribution in [0.25, 0.3) is 11.0 Å². The molecule has 4 heteroatoms. The molecule has 76 valence electrons. The molecule has 2 aromatic rings. The molecule has 0 aliphatic rings. The van der Waals surface area contributed by atoms with Crippen molar-refractivity contribution >= 4 is 33.6 Å². The van der Waals surface area contributed by atoms with Crippen molar-refractivity contribution in [1.82, 2.24) is 9.97 Å². The summed E-state index contributed by atoms with van der Waals surface area (Å²) in [6.45, 7) is 0.536.